The molecule has 0 spiro atoms. The molecule has 3 N–H and O–H groups in total. The maximum absolute atomic E-state index is 12.4. The zero-order valence-corrected chi connectivity index (χ0v) is 14.1. The van der Waals surface area contributed by atoms with Crippen LogP contribution in [-0.2, 0) is 6.54 Å². The first-order valence-corrected chi connectivity index (χ1v) is 8.33. The summed E-state index contributed by atoms with van der Waals surface area (Å²) in [6.07, 6.45) is 1.95. The molecule has 3 aromatic rings. The number of nitrogens with two attached hydrogens (primary N) is 1. The number of ether oxygens (including phenoxy) is 1. The normalized spacial score (nSPS) is 10.9. The van der Waals surface area contributed by atoms with Crippen LogP contribution in [0, 0.1) is 0 Å². The second kappa shape index (κ2) is 7.25. The molecule has 6 heteroatoms. The first kappa shape index (κ1) is 16.8. The molecular weight excluding hydrogens is 318 g/mol. The van der Waals surface area contributed by atoms with Gasteiger partial charge in [0.15, 0.2) is 0 Å². The van der Waals surface area contributed by atoms with Crippen molar-refractivity contribution < 1.29 is 4.74 Å². The largest absolute Gasteiger partial charge is 0.493 e. The number of hydrogen-bond donors (Lipinski definition) is 2. The van der Waals surface area contributed by atoms with Gasteiger partial charge in [0.1, 0.15) is 5.75 Å². The molecule has 3 rings (SSSR count). The molecule has 0 unspecified atom stereocenters. The van der Waals surface area contributed by atoms with Gasteiger partial charge >= 0.3 is 11.1 Å². The summed E-state index contributed by atoms with van der Waals surface area (Å²) in [5, 5.41) is 0. The van der Waals surface area contributed by atoms with E-state index in [1.807, 2.05) is 30.3 Å². The molecule has 0 fully saturated rings. The number of nitrogens with one attached hydrogen (secondary N) is 1. The molecule has 1 aromatic heterocycles. The first-order chi connectivity index (χ1) is 12.1. The van der Waals surface area contributed by atoms with E-state index in [-0.39, 0.29) is 6.54 Å². The van der Waals surface area contributed by atoms with Crippen LogP contribution >= 0.6 is 0 Å². The van der Waals surface area contributed by atoms with Gasteiger partial charge in [-0.2, -0.15) is 0 Å². The minimum absolute atomic E-state index is 0.290. The van der Waals surface area contributed by atoms with Crippen molar-refractivity contribution in [1.82, 2.24) is 9.55 Å². The van der Waals surface area contributed by atoms with Gasteiger partial charge in [0.25, 0.3) is 0 Å². The van der Waals surface area contributed by atoms with Crippen LogP contribution in [0.15, 0.2) is 52.1 Å². The summed E-state index contributed by atoms with van der Waals surface area (Å²) < 4.78 is 7.16. The lowest BCUT2D eigenvalue weighted by molar-refractivity contribution is 0.310. The van der Waals surface area contributed by atoms with Crippen LogP contribution in [0.1, 0.15) is 25.3 Å². The Bertz CT molecular complexity index is 990. The number of benzene rings is 2. The second-order valence-corrected chi connectivity index (χ2v) is 5.94. The number of aromatic amines is 1. The predicted octanol–water partition coefficient (Wildman–Crippen LogP) is 2.50. The zero-order chi connectivity index (χ0) is 17.8. The van der Waals surface area contributed by atoms with E-state index in [0.29, 0.717) is 29.1 Å². The number of nitrogen functional groups attached to an aromatic ring is 1. The van der Waals surface area contributed by atoms with E-state index >= 15 is 0 Å². The van der Waals surface area contributed by atoms with E-state index in [9.17, 15) is 9.59 Å². The maximum Gasteiger partial charge on any atom is 0.317 e. The topological polar surface area (TPSA) is 90.1 Å². The fourth-order valence-corrected chi connectivity index (χ4v) is 2.71. The molecule has 0 bridgehead atoms. The molecule has 0 aliphatic carbocycles. The first-order valence-electron chi connectivity index (χ1n) is 8.33. The predicted molar refractivity (Wildman–Crippen MR) is 99.2 cm³/mol. The molecule has 0 aliphatic heterocycles. The summed E-state index contributed by atoms with van der Waals surface area (Å²) >= 11 is 0. The Labute approximate surface area is 144 Å². The molecule has 130 valence electrons. The van der Waals surface area contributed by atoms with Gasteiger partial charge in [0, 0.05) is 12.1 Å². The van der Waals surface area contributed by atoms with Crippen LogP contribution in [0.5, 0.6) is 5.75 Å². The van der Waals surface area contributed by atoms with Gasteiger partial charge in [0.2, 0.25) is 0 Å². The average Bonchev–Trinajstić information content (AvgIpc) is 2.61. The van der Waals surface area contributed by atoms with Crippen molar-refractivity contribution in [2.75, 3.05) is 12.3 Å². The van der Waals surface area contributed by atoms with Crippen LogP contribution in [0.3, 0.4) is 0 Å². The van der Waals surface area contributed by atoms with Gasteiger partial charge < -0.3 is 15.5 Å². The van der Waals surface area contributed by atoms with Gasteiger partial charge in [-0.1, -0.05) is 43.7 Å². The van der Waals surface area contributed by atoms with Gasteiger partial charge in [-0.15, -0.1) is 0 Å². The van der Waals surface area contributed by atoms with E-state index in [1.165, 1.54) is 4.57 Å². The van der Waals surface area contributed by atoms with Gasteiger partial charge in [0.05, 0.1) is 29.9 Å². The number of unbranched alkanes of at least 4 members (excludes halogenated alkanes) is 1. The molecule has 0 aliphatic rings. The molecular formula is C19H21N3O3. The Morgan fingerprint density at radius 2 is 1.92 bits per heavy atom. The number of aromatic nitrogens is 2. The zero-order valence-electron chi connectivity index (χ0n) is 14.1. The molecule has 0 saturated carbocycles. The van der Waals surface area contributed by atoms with Crippen LogP contribution in [0.4, 0.5) is 5.69 Å². The number of anilines is 1. The van der Waals surface area contributed by atoms with E-state index < -0.39 is 11.1 Å². The Balaban J connectivity index is 2.14. The van der Waals surface area contributed by atoms with E-state index in [0.717, 1.165) is 18.4 Å². The highest BCUT2D eigenvalue weighted by Crippen LogP contribution is 2.25. The highest BCUT2D eigenvalue weighted by Gasteiger charge is 2.12. The SMILES string of the molecule is CCCCOc1cc(N)c2[nH]c(=O)c(=O)n(Cc3ccccc3)c2c1. The Kier molecular flexibility index (Phi) is 4.88. The maximum atomic E-state index is 12.4. The van der Waals surface area contributed by atoms with Crippen molar-refractivity contribution >= 4 is 16.7 Å². The minimum Gasteiger partial charge on any atom is -0.493 e. The van der Waals surface area contributed by atoms with Crippen molar-refractivity contribution in [3.63, 3.8) is 0 Å². The Morgan fingerprint density at radius 1 is 1.16 bits per heavy atom. The molecule has 0 amide bonds. The van der Waals surface area contributed by atoms with E-state index in [2.05, 4.69) is 11.9 Å². The highest BCUT2D eigenvalue weighted by atomic mass is 16.5. The lowest BCUT2D eigenvalue weighted by Gasteiger charge is -2.13. The summed E-state index contributed by atoms with van der Waals surface area (Å²) in [7, 11) is 0. The second-order valence-electron chi connectivity index (χ2n) is 5.94. The third-order valence-electron chi connectivity index (χ3n) is 4.04. The molecule has 25 heavy (non-hydrogen) atoms. The monoisotopic (exact) mass is 339 g/mol. The van der Waals surface area contributed by atoms with Gasteiger partial charge in [-0.3, -0.25) is 14.2 Å². The summed E-state index contributed by atoms with van der Waals surface area (Å²) in [4.78, 5) is 27.0. The summed E-state index contributed by atoms with van der Waals surface area (Å²) in [5.41, 5.74) is 7.09. The molecule has 0 radical (unpaired) electrons. The van der Waals surface area contributed by atoms with E-state index in [1.54, 1.807) is 12.1 Å². The Morgan fingerprint density at radius 3 is 2.64 bits per heavy atom. The van der Waals surface area contributed by atoms with Crippen molar-refractivity contribution in [1.29, 1.82) is 0 Å². The third-order valence-corrected chi connectivity index (χ3v) is 4.04. The van der Waals surface area contributed by atoms with Gasteiger partial charge in [-0.25, -0.2) is 0 Å². The summed E-state index contributed by atoms with van der Waals surface area (Å²) in [6.45, 7) is 2.95. The number of rotatable bonds is 6. The lowest BCUT2D eigenvalue weighted by atomic mass is 10.2. The van der Waals surface area contributed by atoms with Crippen LogP contribution < -0.4 is 21.6 Å². The third kappa shape index (κ3) is 3.57. The average molecular weight is 339 g/mol. The van der Waals surface area contributed by atoms with Crippen LogP contribution in [0.2, 0.25) is 0 Å². The standard InChI is InChI=1S/C19H21N3O3/c1-2-3-9-25-14-10-15(20)17-16(11-14)22(19(24)18(23)21-17)12-13-7-5-4-6-8-13/h4-8,10-11H,2-3,9,12,20H2,1H3,(H,21,23). The van der Waals surface area contributed by atoms with E-state index in [4.69, 9.17) is 10.5 Å². The van der Waals surface area contributed by atoms with Crippen LogP contribution in [-0.4, -0.2) is 16.2 Å². The fraction of sp³-hybridized carbons (Fsp3) is 0.263. The summed E-state index contributed by atoms with van der Waals surface area (Å²) in [5.74, 6) is 0.590. The molecule has 0 atom stereocenters. The number of hydrogen-bond acceptors (Lipinski definition) is 4. The summed E-state index contributed by atoms with van der Waals surface area (Å²) in [6, 6.07) is 12.9. The van der Waals surface area contributed by atoms with Crippen molar-refractivity contribution in [3.8, 4) is 5.75 Å². The molecule has 1 heterocycles. The van der Waals surface area contributed by atoms with Crippen molar-refractivity contribution in [3.05, 3.63) is 68.7 Å². The number of nitrogens with zero attached hydrogens (tertiary/aromatic N) is 1. The fourth-order valence-electron chi connectivity index (χ4n) is 2.71. The van der Waals surface area contributed by atoms with Crippen molar-refractivity contribution in [2.45, 2.75) is 26.3 Å². The quantitative estimate of drug-likeness (QED) is 0.410. The van der Waals surface area contributed by atoms with Crippen LogP contribution in [0.25, 0.3) is 11.0 Å². The minimum atomic E-state index is -0.685. The highest BCUT2D eigenvalue weighted by molar-refractivity contribution is 5.88. The molecule has 0 saturated heterocycles. The number of H-pyrrole nitrogens is 1. The number of fused-ring (bicyclic) bond motifs is 1. The molecule has 6 nitrogen and oxygen atoms in total. The smallest absolute Gasteiger partial charge is 0.317 e. The Hall–Kier alpha value is -3.02. The lowest BCUT2D eigenvalue weighted by Crippen LogP contribution is -2.36. The van der Waals surface area contributed by atoms with Gasteiger partial charge in [-0.05, 0) is 12.0 Å². The molecule has 2 aromatic carbocycles. The van der Waals surface area contributed by atoms with Crippen molar-refractivity contribution in [2.24, 2.45) is 0 Å².